The number of amides is 1. The van der Waals surface area contributed by atoms with Gasteiger partial charge in [-0.15, -0.1) is 0 Å². The summed E-state index contributed by atoms with van der Waals surface area (Å²) >= 11 is 0. The molecule has 0 aromatic rings. The summed E-state index contributed by atoms with van der Waals surface area (Å²) in [5.74, 6) is -0.279. The maximum atomic E-state index is 13.3. The second-order valence-electron chi connectivity index (χ2n) is 24.3. The van der Waals surface area contributed by atoms with Crippen LogP contribution in [-0.2, 0) is 33.2 Å². The SMILES string of the molecule is CC/C=C\C/C=C\C/C=C\C/C=C\C/C=C\CCCCCCCCCCCCCCCCCCCCCC(=O)NC(COC1OC(CO)C(OC2OC(CO)C(OC3OC(CO)C(O)C(O)C3O)C(O)C2O)C(O)C1O)C(O)/C=C/CCCCCCCC. The normalized spacial score (nSPS) is 28.9. The number of hydrogen-bond acceptors (Lipinski definition) is 18. The summed E-state index contributed by atoms with van der Waals surface area (Å²) in [5.41, 5.74) is 0. The van der Waals surface area contributed by atoms with E-state index in [1.54, 1.807) is 6.08 Å². The lowest BCUT2D eigenvalue weighted by Gasteiger charge is -2.48. The second kappa shape index (κ2) is 50.7. The number of rotatable bonds is 51. The minimum atomic E-state index is -1.98. The fraction of sp³-hybridized carbons (Fsp3) is 0.812. The molecule has 0 saturated carbocycles. The fourth-order valence-electron chi connectivity index (χ4n) is 11.2. The van der Waals surface area contributed by atoms with E-state index in [9.17, 15) is 61.0 Å². The molecule has 19 heteroatoms. The van der Waals surface area contributed by atoms with Gasteiger partial charge in [-0.1, -0.05) is 228 Å². The van der Waals surface area contributed by atoms with Crippen LogP contribution in [0, 0.1) is 0 Å². The van der Waals surface area contributed by atoms with Crippen molar-refractivity contribution >= 4 is 5.91 Å². The van der Waals surface area contributed by atoms with Crippen LogP contribution in [0.5, 0.6) is 0 Å². The molecule has 0 spiro atoms. The highest BCUT2D eigenvalue weighted by atomic mass is 16.8. The topological polar surface area (TPSA) is 307 Å². The quantitative estimate of drug-likeness (QED) is 0.0200. The lowest BCUT2D eigenvalue weighted by molar-refractivity contribution is -0.379. The van der Waals surface area contributed by atoms with Crippen molar-refractivity contribution in [2.75, 3.05) is 26.4 Å². The fourth-order valence-corrected chi connectivity index (χ4v) is 11.2. The number of carbonyl (C=O) groups excluding carboxylic acids is 1. The molecule has 0 bridgehead atoms. The largest absolute Gasteiger partial charge is 0.394 e. The first-order chi connectivity index (χ1) is 42.8. The first-order valence-electron chi connectivity index (χ1n) is 34.2. The van der Waals surface area contributed by atoms with E-state index in [4.69, 9.17) is 28.4 Å². The van der Waals surface area contributed by atoms with Crippen molar-refractivity contribution in [3.05, 3.63) is 72.9 Å². The zero-order chi connectivity index (χ0) is 64.0. The molecule has 3 heterocycles. The summed E-state index contributed by atoms with van der Waals surface area (Å²) in [6.07, 6.45) is 36.5. The van der Waals surface area contributed by atoms with Crippen molar-refractivity contribution in [2.45, 2.75) is 330 Å². The van der Waals surface area contributed by atoms with Gasteiger partial charge in [0.05, 0.1) is 38.6 Å². The van der Waals surface area contributed by atoms with Crippen molar-refractivity contribution in [3.8, 4) is 0 Å². The molecule has 3 fully saturated rings. The maximum absolute atomic E-state index is 13.3. The Morgan fingerprint density at radius 1 is 0.420 bits per heavy atom. The number of aliphatic hydroxyl groups excluding tert-OH is 11. The number of unbranched alkanes of at least 4 members (excludes halogenated alkanes) is 25. The molecule has 3 aliphatic heterocycles. The zero-order valence-electron chi connectivity index (χ0n) is 53.7. The Balaban J connectivity index is 1.30. The lowest BCUT2D eigenvalue weighted by Crippen LogP contribution is -2.66. The molecule has 1 amide bonds. The summed E-state index contributed by atoms with van der Waals surface area (Å²) in [7, 11) is 0. The average Bonchev–Trinajstić information content (AvgIpc) is 1.15. The molecule has 3 rings (SSSR count). The van der Waals surface area contributed by atoms with Crippen LogP contribution in [0.2, 0.25) is 0 Å². The van der Waals surface area contributed by atoms with Crippen molar-refractivity contribution in [1.29, 1.82) is 0 Å². The molecule has 0 aliphatic carbocycles. The minimum Gasteiger partial charge on any atom is -0.394 e. The molecule has 17 unspecified atom stereocenters. The van der Waals surface area contributed by atoms with E-state index in [1.165, 1.54) is 116 Å². The van der Waals surface area contributed by atoms with E-state index in [0.717, 1.165) is 83.5 Å². The van der Waals surface area contributed by atoms with Crippen molar-refractivity contribution < 1.29 is 89.4 Å². The number of nitrogens with one attached hydrogen (secondary N) is 1. The van der Waals surface area contributed by atoms with Crippen molar-refractivity contribution in [1.82, 2.24) is 5.32 Å². The predicted molar refractivity (Wildman–Crippen MR) is 341 cm³/mol. The highest BCUT2D eigenvalue weighted by molar-refractivity contribution is 5.76. The Morgan fingerprint density at radius 3 is 1.23 bits per heavy atom. The molecule has 12 N–H and O–H groups in total. The molecular formula is C69H121NO18. The molecule has 0 aromatic heterocycles. The lowest BCUT2D eigenvalue weighted by atomic mass is 9.96. The molecular weight excluding hydrogens is 1130 g/mol. The number of carbonyl (C=O) groups is 1. The van der Waals surface area contributed by atoms with Gasteiger partial charge in [-0.3, -0.25) is 4.79 Å². The van der Waals surface area contributed by atoms with Gasteiger partial charge in [0.25, 0.3) is 0 Å². The number of ether oxygens (including phenoxy) is 6. The molecule has 17 atom stereocenters. The van der Waals surface area contributed by atoms with Crippen LogP contribution >= 0.6 is 0 Å². The van der Waals surface area contributed by atoms with Crippen LogP contribution < -0.4 is 5.32 Å². The second-order valence-corrected chi connectivity index (χ2v) is 24.3. The van der Waals surface area contributed by atoms with Crippen LogP contribution in [0.1, 0.15) is 226 Å². The number of aliphatic hydroxyl groups is 11. The van der Waals surface area contributed by atoms with Gasteiger partial charge < -0.3 is 89.9 Å². The Hall–Kier alpha value is -2.77. The van der Waals surface area contributed by atoms with Crippen LogP contribution in [-0.4, -0.2) is 193 Å². The van der Waals surface area contributed by atoms with Gasteiger partial charge >= 0.3 is 0 Å². The highest BCUT2D eigenvalue weighted by Gasteiger charge is 2.53. The van der Waals surface area contributed by atoms with E-state index < -0.39 is 124 Å². The Morgan fingerprint density at radius 2 is 0.784 bits per heavy atom. The van der Waals surface area contributed by atoms with Gasteiger partial charge in [0, 0.05) is 6.42 Å². The molecule has 88 heavy (non-hydrogen) atoms. The summed E-state index contributed by atoms with van der Waals surface area (Å²) in [6.45, 7) is 1.55. The van der Waals surface area contributed by atoms with Gasteiger partial charge in [0.1, 0.15) is 73.2 Å². The first-order valence-corrected chi connectivity index (χ1v) is 34.2. The van der Waals surface area contributed by atoms with E-state index in [-0.39, 0.29) is 18.9 Å². The van der Waals surface area contributed by atoms with E-state index >= 15 is 0 Å². The van der Waals surface area contributed by atoms with Gasteiger partial charge in [0.2, 0.25) is 5.91 Å². The third-order valence-corrected chi connectivity index (χ3v) is 16.8. The maximum Gasteiger partial charge on any atom is 0.220 e. The Kier molecular flexibility index (Phi) is 45.8. The third-order valence-electron chi connectivity index (χ3n) is 16.8. The first kappa shape index (κ1) is 79.5. The molecule has 3 aliphatic rings. The van der Waals surface area contributed by atoms with Crippen LogP contribution in [0.3, 0.4) is 0 Å². The average molecular weight is 1250 g/mol. The monoisotopic (exact) mass is 1250 g/mol. The molecule has 0 aromatic carbocycles. The summed E-state index contributed by atoms with van der Waals surface area (Å²) in [6, 6.07) is -0.971. The molecule has 0 radical (unpaired) electrons. The van der Waals surface area contributed by atoms with Crippen LogP contribution in [0.25, 0.3) is 0 Å². The van der Waals surface area contributed by atoms with E-state index in [1.807, 2.05) is 6.08 Å². The zero-order valence-corrected chi connectivity index (χ0v) is 53.7. The summed E-state index contributed by atoms with van der Waals surface area (Å²) < 4.78 is 34.2. The van der Waals surface area contributed by atoms with Crippen molar-refractivity contribution in [3.63, 3.8) is 0 Å². The standard InChI is InChI=1S/C69H121NO18/c1-3-5-7-9-11-13-14-15-16-17-18-19-20-21-22-23-24-25-26-27-28-29-30-31-32-33-34-35-36-37-38-39-41-43-45-47-57(75)70-52(53(74)46-44-42-40-12-10-8-6-4-2)51-83-67-63(81)60(78)65(55(49-72)85-67)88-69-64(82)61(79)66(56(50-73)86-69)87-68-62(80)59(77)58(76)54(48-71)84-68/h5,7,11,13,15-16,18-19,21-22,44,46,52-56,58-69,71-74,76-82H,3-4,6,8-10,12,14,17,20,23-43,45,47-51H2,1-2H3,(H,70,75)/b7-5-,13-11-,16-15-,19-18-,22-21-,46-44+. The van der Waals surface area contributed by atoms with Crippen LogP contribution in [0.4, 0.5) is 0 Å². The third kappa shape index (κ3) is 32.7. The Labute approximate surface area is 528 Å². The van der Waals surface area contributed by atoms with Gasteiger partial charge in [-0.05, 0) is 64.2 Å². The summed E-state index contributed by atoms with van der Waals surface area (Å²) in [4.78, 5) is 13.3. The number of hydrogen-bond donors (Lipinski definition) is 12. The molecule has 19 nitrogen and oxygen atoms in total. The minimum absolute atomic E-state index is 0.242. The van der Waals surface area contributed by atoms with E-state index in [2.05, 4.69) is 79.9 Å². The Bertz CT molecular complexity index is 1880. The molecule has 3 saturated heterocycles. The van der Waals surface area contributed by atoms with Gasteiger partial charge in [0.15, 0.2) is 18.9 Å². The van der Waals surface area contributed by atoms with E-state index in [0.29, 0.717) is 6.42 Å². The van der Waals surface area contributed by atoms with Gasteiger partial charge in [-0.25, -0.2) is 0 Å². The summed E-state index contributed by atoms with van der Waals surface area (Å²) in [5, 5.41) is 120. The predicted octanol–water partition coefficient (Wildman–Crippen LogP) is 8.55. The smallest absolute Gasteiger partial charge is 0.220 e. The molecule has 510 valence electrons. The van der Waals surface area contributed by atoms with Gasteiger partial charge in [-0.2, -0.15) is 0 Å². The number of allylic oxidation sites excluding steroid dienone is 11. The van der Waals surface area contributed by atoms with Crippen molar-refractivity contribution in [2.24, 2.45) is 0 Å². The van der Waals surface area contributed by atoms with Crippen LogP contribution in [0.15, 0.2) is 72.9 Å². The highest BCUT2D eigenvalue weighted by Crippen LogP contribution is 2.33.